The molecule has 0 unspecified atom stereocenters. The molecule has 5 nitrogen and oxygen atoms in total. The molecule has 1 aromatic heterocycles. The average molecular weight is 319 g/mol. The van der Waals surface area contributed by atoms with Gasteiger partial charge < -0.3 is 5.73 Å². The minimum atomic E-state index is 0. The van der Waals surface area contributed by atoms with Gasteiger partial charge in [0.05, 0.1) is 5.69 Å². The zero-order valence-corrected chi connectivity index (χ0v) is 13.7. The Morgan fingerprint density at radius 3 is 2.75 bits per heavy atom. The fourth-order valence-electron chi connectivity index (χ4n) is 2.33. The molecule has 7 heteroatoms. The molecule has 0 atom stereocenters. The normalized spacial score (nSPS) is 16.8. The highest BCUT2D eigenvalue weighted by atomic mass is 35.5. The average Bonchev–Trinajstić information content (AvgIpc) is 2.81. The Morgan fingerprint density at radius 2 is 2.20 bits per heavy atom. The largest absolute Gasteiger partial charge is 0.328 e. The summed E-state index contributed by atoms with van der Waals surface area (Å²) in [6.45, 7) is 7.15. The number of amides is 1. The lowest BCUT2D eigenvalue weighted by Crippen LogP contribution is -2.39. The number of carbonyl (C=O) groups is 1. The molecule has 114 valence electrons. The summed E-state index contributed by atoms with van der Waals surface area (Å²) in [4.78, 5) is 20.1. The smallest absolute Gasteiger partial charge is 0.225 e. The molecule has 1 fully saturated rings. The third-order valence-electron chi connectivity index (χ3n) is 3.48. The van der Waals surface area contributed by atoms with Gasteiger partial charge in [-0.2, -0.15) is 0 Å². The first-order valence-corrected chi connectivity index (χ1v) is 7.68. The lowest BCUT2D eigenvalue weighted by atomic mass is 10.1. The first-order valence-electron chi connectivity index (χ1n) is 6.80. The SMILES string of the molecule is CCN(C(C)=O)c1nc(CN2CCC(N)CC2)cs1.Cl. The van der Waals surface area contributed by atoms with Gasteiger partial charge in [-0.3, -0.25) is 14.6 Å². The maximum atomic E-state index is 11.5. The van der Waals surface area contributed by atoms with Crippen LogP contribution in [0.5, 0.6) is 0 Å². The Bertz CT molecular complexity index is 432. The fourth-order valence-corrected chi connectivity index (χ4v) is 3.25. The molecule has 1 aliphatic rings. The molecule has 1 amide bonds. The maximum Gasteiger partial charge on any atom is 0.225 e. The standard InChI is InChI=1S/C13H22N4OS.ClH/c1-3-17(10(2)18)13-15-12(9-19-13)8-16-6-4-11(14)5-7-16;/h9,11H,3-8,14H2,1-2H3;1H. The topological polar surface area (TPSA) is 62.5 Å². The highest BCUT2D eigenvalue weighted by Crippen LogP contribution is 2.22. The number of anilines is 1. The summed E-state index contributed by atoms with van der Waals surface area (Å²) in [5.74, 6) is 0.0485. The molecule has 0 spiro atoms. The predicted octanol–water partition coefficient (Wildman–Crippen LogP) is 1.86. The fraction of sp³-hybridized carbons (Fsp3) is 0.692. The van der Waals surface area contributed by atoms with Gasteiger partial charge in [-0.1, -0.05) is 0 Å². The number of piperidine rings is 1. The van der Waals surface area contributed by atoms with Gasteiger partial charge in [0.1, 0.15) is 0 Å². The van der Waals surface area contributed by atoms with Gasteiger partial charge in [0.2, 0.25) is 5.91 Å². The lowest BCUT2D eigenvalue weighted by molar-refractivity contribution is -0.116. The Morgan fingerprint density at radius 1 is 1.55 bits per heavy atom. The van der Waals surface area contributed by atoms with Crippen LogP contribution in [0.15, 0.2) is 5.38 Å². The molecule has 0 saturated carbocycles. The number of thiazole rings is 1. The van der Waals surface area contributed by atoms with E-state index in [-0.39, 0.29) is 18.3 Å². The number of rotatable bonds is 4. The van der Waals surface area contributed by atoms with E-state index in [9.17, 15) is 4.79 Å². The second-order valence-electron chi connectivity index (χ2n) is 5.00. The van der Waals surface area contributed by atoms with Crippen molar-refractivity contribution < 1.29 is 4.79 Å². The van der Waals surface area contributed by atoms with Crippen LogP contribution in [-0.4, -0.2) is 41.5 Å². The summed E-state index contributed by atoms with van der Waals surface area (Å²) in [5, 5.41) is 2.86. The number of likely N-dealkylation sites (tertiary alicyclic amines) is 1. The minimum Gasteiger partial charge on any atom is -0.328 e. The van der Waals surface area contributed by atoms with Crippen molar-refractivity contribution in [2.75, 3.05) is 24.5 Å². The molecule has 20 heavy (non-hydrogen) atoms. The highest BCUT2D eigenvalue weighted by Gasteiger charge is 2.18. The number of nitrogens with two attached hydrogens (primary N) is 1. The molecule has 1 saturated heterocycles. The molecular weight excluding hydrogens is 296 g/mol. The molecule has 0 aromatic carbocycles. The summed E-state index contributed by atoms with van der Waals surface area (Å²) in [6, 6.07) is 0.357. The van der Waals surface area contributed by atoms with Crippen LogP contribution in [0.1, 0.15) is 32.4 Å². The summed E-state index contributed by atoms with van der Waals surface area (Å²) in [7, 11) is 0. The predicted molar refractivity (Wildman–Crippen MR) is 85.5 cm³/mol. The van der Waals surface area contributed by atoms with Crippen LogP contribution in [0, 0.1) is 0 Å². The van der Waals surface area contributed by atoms with E-state index in [2.05, 4.69) is 15.3 Å². The van der Waals surface area contributed by atoms with Crippen molar-refractivity contribution in [3.05, 3.63) is 11.1 Å². The second-order valence-corrected chi connectivity index (χ2v) is 5.83. The van der Waals surface area contributed by atoms with Crippen molar-refractivity contribution in [2.45, 2.75) is 39.3 Å². The van der Waals surface area contributed by atoms with Crippen molar-refractivity contribution in [1.82, 2.24) is 9.88 Å². The summed E-state index contributed by atoms with van der Waals surface area (Å²) in [5.41, 5.74) is 6.95. The monoisotopic (exact) mass is 318 g/mol. The van der Waals surface area contributed by atoms with E-state index >= 15 is 0 Å². The summed E-state index contributed by atoms with van der Waals surface area (Å²) < 4.78 is 0. The van der Waals surface area contributed by atoms with Crippen LogP contribution >= 0.6 is 23.7 Å². The number of nitrogens with zero attached hydrogens (tertiary/aromatic N) is 3. The van der Waals surface area contributed by atoms with E-state index in [1.54, 1.807) is 23.2 Å². The quantitative estimate of drug-likeness (QED) is 0.920. The molecule has 2 rings (SSSR count). The van der Waals surface area contributed by atoms with E-state index < -0.39 is 0 Å². The Kier molecular flexibility index (Phi) is 6.88. The minimum absolute atomic E-state index is 0. The summed E-state index contributed by atoms with van der Waals surface area (Å²) >= 11 is 1.54. The molecule has 0 radical (unpaired) electrons. The van der Waals surface area contributed by atoms with Crippen molar-refractivity contribution in [3.63, 3.8) is 0 Å². The first-order chi connectivity index (χ1) is 9.10. The third kappa shape index (κ3) is 4.41. The van der Waals surface area contributed by atoms with Crippen molar-refractivity contribution in [3.8, 4) is 0 Å². The van der Waals surface area contributed by atoms with Crippen LogP contribution in [0.25, 0.3) is 0 Å². The first kappa shape index (κ1) is 17.4. The van der Waals surface area contributed by atoms with E-state index in [0.717, 1.165) is 43.3 Å². The number of aromatic nitrogens is 1. The third-order valence-corrected chi connectivity index (χ3v) is 4.40. The van der Waals surface area contributed by atoms with Crippen LogP contribution < -0.4 is 10.6 Å². The molecule has 1 aromatic rings. The molecule has 0 bridgehead atoms. The highest BCUT2D eigenvalue weighted by molar-refractivity contribution is 7.14. The molecule has 2 N–H and O–H groups in total. The van der Waals surface area contributed by atoms with E-state index in [1.807, 2.05) is 6.92 Å². The lowest BCUT2D eigenvalue weighted by Gasteiger charge is -2.29. The molecule has 2 heterocycles. The summed E-state index contributed by atoms with van der Waals surface area (Å²) in [6.07, 6.45) is 2.12. The van der Waals surface area contributed by atoms with E-state index in [4.69, 9.17) is 5.73 Å². The molecule has 1 aliphatic heterocycles. The van der Waals surface area contributed by atoms with Crippen molar-refractivity contribution in [1.29, 1.82) is 0 Å². The van der Waals surface area contributed by atoms with Crippen molar-refractivity contribution in [2.24, 2.45) is 5.73 Å². The van der Waals surface area contributed by atoms with Crippen LogP contribution in [0.4, 0.5) is 5.13 Å². The van der Waals surface area contributed by atoms with Crippen molar-refractivity contribution >= 4 is 34.8 Å². The number of hydrogen-bond donors (Lipinski definition) is 1. The van der Waals surface area contributed by atoms with Gasteiger partial charge >= 0.3 is 0 Å². The van der Waals surface area contributed by atoms with E-state index in [1.165, 1.54) is 0 Å². The molecular formula is C13H23ClN4OS. The number of carbonyl (C=O) groups excluding carboxylic acids is 1. The van der Waals surface area contributed by atoms with Gasteiger partial charge in [-0.25, -0.2) is 4.98 Å². The Labute approximate surface area is 130 Å². The Hall–Kier alpha value is -0.690. The van der Waals surface area contributed by atoms with Gasteiger partial charge in [-0.15, -0.1) is 23.7 Å². The second kappa shape index (κ2) is 7.93. The zero-order valence-electron chi connectivity index (χ0n) is 12.0. The van der Waals surface area contributed by atoms with E-state index in [0.29, 0.717) is 12.6 Å². The Balaban J connectivity index is 0.00000200. The van der Waals surface area contributed by atoms with Crippen LogP contribution in [0.2, 0.25) is 0 Å². The molecule has 0 aliphatic carbocycles. The van der Waals surface area contributed by atoms with Crippen LogP contribution in [-0.2, 0) is 11.3 Å². The van der Waals surface area contributed by atoms with Gasteiger partial charge in [0.15, 0.2) is 5.13 Å². The van der Waals surface area contributed by atoms with Gasteiger partial charge in [0.25, 0.3) is 0 Å². The van der Waals surface area contributed by atoms with Gasteiger partial charge in [-0.05, 0) is 19.8 Å². The van der Waals surface area contributed by atoms with Crippen LogP contribution in [0.3, 0.4) is 0 Å². The zero-order chi connectivity index (χ0) is 13.8. The van der Waals surface area contributed by atoms with Gasteiger partial charge in [0, 0.05) is 44.5 Å². The maximum absolute atomic E-state index is 11.5. The number of halogens is 1. The number of hydrogen-bond acceptors (Lipinski definition) is 5.